The normalized spacial score (nSPS) is 19.7. The molecule has 0 aromatic carbocycles. The molecular formula is C10H19NO2. The number of rotatable bonds is 2. The molecule has 3 nitrogen and oxygen atoms in total. The van der Waals surface area contributed by atoms with E-state index in [1.165, 1.54) is 0 Å². The molecule has 3 heteroatoms. The smallest absolute Gasteiger partial charge is 0.311 e. The summed E-state index contributed by atoms with van der Waals surface area (Å²) in [5, 5.41) is 0. The first-order valence-electron chi connectivity index (χ1n) is 4.87. The SMILES string of the molecule is CCN1CC(OC(=O)C(C)(C)C)C1. The molecule has 1 heterocycles. The summed E-state index contributed by atoms with van der Waals surface area (Å²) in [5.41, 5.74) is -0.368. The molecule has 1 rings (SSSR count). The predicted molar refractivity (Wildman–Crippen MR) is 51.4 cm³/mol. The number of esters is 1. The van der Waals surface area contributed by atoms with Crippen LogP contribution in [0.5, 0.6) is 0 Å². The highest BCUT2D eigenvalue weighted by Crippen LogP contribution is 2.19. The van der Waals surface area contributed by atoms with Crippen molar-refractivity contribution in [1.82, 2.24) is 4.90 Å². The van der Waals surface area contributed by atoms with E-state index in [0.29, 0.717) is 0 Å². The van der Waals surface area contributed by atoms with E-state index in [1.807, 2.05) is 20.8 Å². The molecule has 0 spiro atoms. The second kappa shape index (κ2) is 3.66. The Balaban J connectivity index is 2.25. The molecule has 1 aliphatic heterocycles. The van der Waals surface area contributed by atoms with Crippen molar-refractivity contribution in [2.24, 2.45) is 5.41 Å². The lowest BCUT2D eigenvalue weighted by atomic mass is 9.97. The zero-order valence-corrected chi connectivity index (χ0v) is 8.96. The highest BCUT2D eigenvalue weighted by molar-refractivity contribution is 5.75. The van der Waals surface area contributed by atoms with Gasteiger partial charge in [0.05, 0.1) is 5.41 Å². The van der Waals surface area contributed by atoms with Crippen LogP contribution in [-0.2, 0) is 9.53 Å². The lowest BCUT2D eigenvalue weighted by Crippen LogP contribution is -2.53. The van der Waals surface area contributed by atoms with Gasteiger partial charge in [0.2, 0.25) is 0 Å². The summed E-state index contributed by atoms with van der Waals surface area (Å²) in [5.74, 6) is -0.0896. The second-order valence-corrected chi connectivity index (χ2v) is 4.63. The Morgan fingerprint density at radius 2 is 2.00 bits per heavy atom. The van der Waals surface area contributed by atoms with E-state index in [2.05, 4.69) is 11.8 Å². The van der Waals surface area contributed by atoms with E-state index in [4.69, 9.17) is 4.74 Å². The predicted octanol–water partition coefficient (Wildman–Crippen LogP) is 1.28. The molecular weight excluding hydrogens is 166 g/mol. The maximum atomic E-state index is 11.4. The van der Waals surface area contributed by atoms with Crippen LogP contribution in [0.2, 0.25) is 0 Å². The molecule has 0 radical (unpaired) electrons. The minimum atomic E-state index is -0.368. The first-order valence-corrected chi connectivity index (χ1v) is 4.87. The Morgan fingerprint density at radius 1 is 1.46 bits per heavy atom. The fraction of sp³-hybridized carbons (Fsp3) is 0.900. The Morgan fingerprint density at radius 3 is 2.38 bits per heavy atom. The fourth-order valence-corrected chi connectivity index (χ4v) is 1.18. The Labute approximate surface area is 80.1 Å². The van der Waals surface area contributed by atoms with Gasteiger partial charge in [-0.3, -0.25) is 9.69 Å². The zero-order chi connectivity index (χ0) is 10.1. The van der Waals surface area contributed by atoms with E-state index in [-0.39, 0.29) is 17.5 Å². The van der Waals surface area contributed by atoms with Gasteiger partial charge in [0.15, 0.2) is 0 Å². The van der Waals surface area contributed by atoms with Gasteiger partial charge in [0.25, 0.3) is 0 Å². The summed E-state index contributed by atoms with van der Waals surface area (Å²) in [6.45, 7) is 10.6. The molecule has 0 bridgehead atoms. The first-order chi connectivity index (χ1) is 5.93. The maximum Gasteiger partial charge on any atom is 0.311 e. The largest absolute Gasteiger partial charge is 0.459 e. The molecule has 0 atom stereocenters. The number of hydrogen-bond acceptors (Lipinski definition) is 3. The minimum Gasteiger partial charge on any atom is -0.459 e. The van der Waals surface area contributed by atoms with Crippen molar-refractivity contribution in [3.63, 3.8) is 0 Å². The van der Waals surface area contributed by atoms with Gasteiger partial charge in [-0.15, -0.1) is 0 Å². The van der Waals surface area contributed by atoms with Crippen molar-refractivity contribution in [3.05, 3.63) is 0 Å². The van der Waals surface area contributed by atoms with Crippen molar-refractivity contribution >= 4 is 5.97 Å². The second-order valence-electron chi connectivity index (χ2n) is 4.63. The highest BCUT2D eigenvalue weighted by atomic mass is 16.5. The molecule has 0 aliphatic carbocycles. The van der Waals surface area contributed by atoms with Crippen LogP contribution in [0.15, 0.2) is 0 Å². The summed E-state index contributed by atoms with van der Waals surface area (Å²) < 4.78 is 5.30. The zero-order valence-electron chi connectivity index (χ0n) is 8.96. The summed E-state index contributed by atoms with van der Waals surface area (Å²) in [7, 11) is 0. The van der Waals surface area contributed by atoms with E-state index in [1.54, 1.807) is 0 Å². The average molecular weight is 185 g/mol. The number of carbonyl (C=O) groups excluding carboxylic acids is 1. The topological polar surface area (TPSA) is 29.5 Å². The molecule has 0 aromatic rings. The van der Waals surface area contributed by atoms with Crippen LogP contribution < -0.4 is 0 Å². The summed E-state index contributed by atoms with van der Waals surface area (Å²) in [6, 6.07) is 0. The summed E-state index contributed by atoms with van der Waals surface area (Å²) >= 11 is 0. The molecule has 0 N–H and O–H groups in total. The molecule has 13 heavy (non-hydrogen) atoms. The van der Waals surface area contributed by atoms with Gasteiger partial charge in [-0.25, -0.2) is 0 Å². The van der Waals surface area contributed by atoms with Gasteiger partial charge in [-0.05, 0) is 27.3 Å². The molecule has 1 fully saturated rings. The molecule has 0 aromatic heterocycles. The Kier molecular flexibility index (Phi) is 2.96. The van der Waals surface area contributed by atoms with Gasteiger partial charge in [-0.2, -0.15) is 0 Å². The van der Waals surface area contributed by atoms with Crippen LogP contribution >= 0.6 is 0 Å². The number of ether oxygens (including phenoxy) is 1. The van der Waals surface area contributed by atoms with Crippen molar-refractivity contribution < 1.29 is 9.53 Å². The molecule has 1 saturated heterocycles. The van der Waals surface area contributed by atoms with E-state index in [9.17, 15) is 4.79 Å². The van der Waals surface area contributed by atoms with E-state index in [0.717, 1.165) is 19.6 Å². The van der Waals surface area contributed by atoms with Gasteiger partial charge < -0.3 is 4.74 Å². The first kappa shape index (κ1) is 10.5. The highest BCUT2D eigenvalue weighted by Gasteiger charge is 2.32. The Hall–Kier alpha value is -0.570. The minimum absolute atomic E-state index is 0.0896. The molecule has 76 valence electrons. The maximum absolute atomic E-state index is 11.4. The van der Waals surface area contributed by atoms with Crippen LogP contribution in [-0.4, -0.2) is 36.6 Å². The number of hydrogen-bond donors (Lipinski definition) is 0. The number of likely N-dealkylation sites (N-methyl/N-ethyl adjacent to an activating group) is 1. The molecule has 0 unspecified atom stereocenters. The third kappa shape index (κ3) is 2.69. The van der Waals surface area contributed by atoms with Gasteiger partial charge in [-0.1, -0.05) is 6.92 Å². The lowest BCUT2D eigenvalue weighted by Gasteiger charge is -2.38. The molecule has 1 aliphatic rings. The van der Waals surface area contributed by atoms with Crippen LogP contribution in [0.1, 0.15) is 27.7 Å². The van der Waals surface area contributed by atoms with Crippen molar-refractivity contribution in [2.75, 3.05) is 19.6 Å². The molecule has 0 amide bonds. The third-order valence-corrected chi connectivity index (χ3v) is 2.26. The van der Waals surface area contributed by atoms with Crippen molar-refractivity contribution in [1.29, 1.82) is 0 Å². The van der Waals surface area contributed by atoms with E-state index < -0.39 is 0 Å². The van der Waals surface area contributed by atoms with Crippen LogP contribution in [0.3, 0.4) is 0 Å². The monoisotopic (exact) mass is 185 g/mol. The lowest BCUT2D eigenvalue weighted by molar-refractivity contribution is -0.166. The average Bonchev–Trinajstić information content (AvgIpc) is 1.93. The van der Waals surface area contributed by atoms with Gasteiger partial charge >= 0.3 is 5.97 Å². The summed E-state index contributed by atoms with van der Waals surface area (Å²) in [6.07, 6.45) is 0.131. The van der Waals surface area contributed by atoms with Gasteiger partial charge in [0, 0.05) is 13.1 Å². The van der Waals surface area contributed by atoms with Crippen molar-refractivity contribution in [3.8, 4) is 0 Å². The van der Waals surface area contributed by atoms with Crippen molar-refractivity contribution in [2.45, 2.75) is 33.8 Å². The number of nitrogens with zero attached hydrogens (tertiary/aromatic N) is 1. The number of likely N-dealkylation sites (tertiary alicyclic amines) is 1. The standard InChI is InChI=1S/C10H19NO2/c1-5-11-6-8(7-11)13-9(12)10(2,3)4/h8H,5-7H2,1-4H3. The third-order valence-electron chi connectivity index (χ3n) is 2.26. The van der Waals surface area contributed by atoms with Crippen LogP contribution in [0.25, 0.3) is 0 Å². The van der Waals surface area contributed by atoms with Crippen LogP contribution in [0, 0.1) is 5.41 Å². The van der Waals surface area contributed by atoms with Crippen LogP contribution in [0.4, 0.5) is 0 Å². The Bertz CT molecular complexity index is 190. The number of carbonyl (C=O) groups is 1. The quantitative estimate of drug-likeness (QED) is 0.607. The van der Waals surface area contributed by atoms with E-state index >= 15 is 0 Å². The fourth-order valence-electron chi connectivity index (χ4n) is 1.18. The molecule has 0 saturated carbocycles. The summed E-state index contributed by atoms with van der Waals surface area (Å²) in [4.78, 5) is 13.7. The van der Waals surface area contributed by atoms with Gasteiger partial charge in [0.1, 0.15) is 6.10 Å².